The van der Waals surface area contributed by atoms with E-state index in [1.807, 2.05) is 43.3 Å². The van der Waals surface area contributed by atoms with E-state index in [0.29, 0.717) is 6.42 Å². The van der Waals surface area contributed by atoms with Gasteiger partial charge in [-0.1, -0.05) is 23.8 Å². The number of hydrogen-bond donors (Lipinski definition) is 1. The van der Waals surface area contributed by atoms with Crippen molar-refractivity contribution in [3.8, 4) is 0 Å². The molecule has 1 amide bonds. The molecule has 0 aliphatic rings. The summed E-state index contributed by atoms with van der Waals surface area (Å²) < 4.78 is 0. The van der Waals surface area contributed by atoms with E-state index in [1.165, 1.54) is 5.56 Å². The third kappa shape index (κ3) is 3.41. The van der Waals surface area contributed by atoms with Gasteiger partial charge in [0.25, 0.3) is 0 Å². The maximum absolute atomic E-state index is 11.7. The second kappa shape index (κ2) is 5.25. The van der Waals surface area contributed by atoms with Crippen LogP contribution in [0.3, 0.4) is 0 Å². The highest BCUT2D eigenvalue weighted by atomic mass is 16.1. The topological polar surface area (TPSA) is 42.0 Å². The maximum atomic E-state index is 11.7. The summed E-state index contributed by atoms with van der Waals surface area (Å²) in [7, 11) is 0. The van der Waals surface area contributed by atoms with E-state index >= 15 is 0 Å². The van der Waals surface area contributed by atoms with E-state index in [-0.39, 0.29) is 7.33 Å². The van der Waals surface area contributed by atoms with Gasteiger partial charge in [0.15, 0.2) is 0 Å². The van der Waals surface area contributed by atoms with Crippen molar-refractivity contribution in [2.24, 2.45) is 0 Å². The Labute approximate surface area is 102 Å². The number of pyridine rings is 1. The quantitative estimate of drug-likeness (QED) is 0.877. The lowest BCUT2D eigenvalue weighted by molar-refractivity contribution is -0.115. The number of aryl methyl sites for hydroxylation is 1. The summed E-state index contributed by atoms with van der Waals surface area (Å²) in [5.41, 5.74) is 2.91. The van der Waals surface area contributed by atoms with Gasteiger partial charge in [0.2, 0.25) is 5.91 Å². The van der Waals surface area contributed by atoms with Gasteiger partial charge in [-0.3, -0.25) is 9.78 Å². The van der Waals surface area contributed by atoms with Gasteiger partial charge in [-0.25, -0.2) is 0 Å². The van der Waals surface area contributed by atoms with Crippen molar-refractivity contribution in [3.05, 3.63) is 59.9 Å². The maximum Gasteiger partial charge on any atom is 0.228 e. The minimum Gasteiger partial charge on any atom is -0.326 e. The second-order valence-electron chi connectivity index (χ2n) is 3.95. The molecule has 2 rings (SSSR count). The van der Waals surface area contributed by atoms with Crippen molar-refractivity contribution >= 4 is 11.6 Å². The molecular formula is C14H16N2O. The number of carbonyl (C=O) groups is 1. The molecule has 0 fully saturated rings. The molecule has 17 heavy (non-hydrogen) atoms. The van der Waals surface area contributed by atoms with Crippen LogP contribution in [0.4, 0.5) is 5.69 Å². The first-order valence-electron chi connectivity index (χ1n) is 5.49. The van der Waals surface area contributed by atoms with Gasteiger partial charge in [0.1, 0.15) is 0 Å². The fourth-order valence-electron chi connectivity index (χ4n) is 1.53. The third-order valence-corrected chi connectivity index (χ3v) is 2.42. The number of hydrogen-bond acceptors (Lipinski definition) is 2. The molecule has 0 bridgehead atoms. The molecule has 3 nitrogen and oxygen atoms in total. The Kier molecular flexibility index (Phi) is 3.50. The normalized spacial score (nSPS) is 9.94. The Morgan fingerprint density at radius 3 is 2.71 bits per heavy atom. The van der Waals surface area contributed by atoms with Crippen LogP contribution in [-0.4, -0.2) is 10.9 Å². The van der Waals surface area contributed by atoms with Crippen molar-refractivity contribution in [2.75, 3.05) is 5.32 Å². The van der Waals surface area contributed by atoms with E-state index in [4.69, 9.17) is 0 Å². The fraction of sp³-hybridized carbons (Fsp3) is 0.143. The van der Waals surface area contributed by atoms with Crippen molar-refractivity contribution in [2.45, 2.75) is 13.3 Å². The molecule has 0 radical (unpaired) electrons. The lowest BCUT2D eigenvalue weighted by atomic mass is 10.2. The molecule has 1 aromatic carbocycles. The molecule has 2 aromatic rings. The summed E-state index contributed by atoms with van der Waals surface area (Å²) in [5.74, 6) is -0.0261. The molecule has 0 aliphatic carbocycles. The van der Waals surface area contributed by atoms with E-state index in [0.717, 1.165) is 11.3 Å². The van der Waals surface area contributed by atoms with Crippen LogP contribution < -0.4 is 5.32 Å². The van der Waals surface area contributed by atoms with Crippen LogP contribution in [-0.2, 0) is 11.2 Å². The van der Waals surface area contributed by atoms with Crippen LogP contribution in [0.25, 0.3) is 0 Å². The first-order chi connectivity index (χ1) is 8.24. The van der Waals surface area contributed by atoms with Crippen LogP contribution in [0.2, 0.25) is 0 Å². The van der Waals surface area contributed by atoms with Crippen LogP contribution in [0, 0.1) is 6.92 Å². The molecule has 0 saturated carbocycles. The zero-order valence-electron chi connectivity index (χ0n) is 9.68. The zero-order valence-corrected chi connectivity index (χ0v) is 9.68. The van der Waals surface area contributed by atoms with Crippen LogP contribution >= 0.6 is 0 Å². The van der Waals surface area contributed by atoms with Gasteiger partial charge in [0, 0.05) is 19.5 Å². The first kappa shape index (κ1) is 11.3. The number of amides is 1. The molecule has 1 heterocycles. The van der Waals surface area contributed by atoms with Crippen LogP contribution in [0.15, 0.2) is 48.8 Å². The van der Waals surface area contributed by atoms with Gasteiger partial charge in [-0.15, -0.1) is 0 Å². The van der Waals surface area contributed by atoms with Crippen molar-refractivity contribution in [1.29, 1.82) is 0 Å². The molecule has 0 atom stereocenters. The molecule has 1 aromatic heterocycles. The van der Waals surface area contributed by atoms with Crippen molar-refractivity contribution in [1.82, 2.24) is 4.98 Å². The molecular weight excluding hydrogens is 212 g/mol. The Morgan fingerprint density at radius 2 is 2.06 bits per heavy atom. The number of benzene rings is 1. The van der Waals surface area contributed by atoms with E-state index in [9.17, 15) is 4.79 Å². The van der Waals surface area contributed by atoms with Gasteiger partial charge < -0.3 is 5.32 Å². The van der Waals surface area contributed by atoms with Crippen molar-refractivity contribution in [3.63, 3.8) is 0 Å². The zero-order chi connectivity index (χ0) is 12.1. The number of rotatable bonds is 3. The summed E-state index contributed by atoms with van der Waals surface area (Å²) in [5, 5.41) is 2.85. The Balaban J connectivity index is 0.00000162. The smallest absolute Gasteiger partial charge is 0.228 e. The highest BCUT2D eigenvalue weighted by molar-refractivity contribution is 5.92. The number of carbonyl (C=O) groups excluding carboxylic acids is 1. The minimum absolute atomic E-state index is 0. The van der Waals surface area contributed by atoms with Gasteiger partial charge >= 0.3 is 0 Å². The summed E-state index contributed by atoms with van der Waals surface area (Å²) in [4.78, 5) is 15.7. The summed E-state index contributed by atoms with van der Waals surface area (Å²) >= 11 is 0. The molecule has 0 spiro atoms. The highest BCUT2D eigenvalue weighted by Gasteiger charge is 2.03. The Hall–Kier alpha value is -2.16. The number of anilines is 1. The average molecular weight is 228 g/mol. The van der Waals surface area contributed by atoms with E-state index < -0.39 is 0 Å². The molecule has 0 unspecified atom stereocenters. The summed E-state index contributed by atoms with van der Waals surface area (Å²) in [6, 6.07) is 11.5. The van der Waals surface area contributed by atoms with Gasteiger partial charge in [-0.2, -0.15) is 0 Å². The predicted molar refractivity (Wildman–Crippen MR) is 69.9 cm³/mol. The fourth-order valence-corrected chi connectivity index (χ4v) is 1.53. The van der Waals surface area contributed by atoms with Crippen LogP contribution in [0.1, 0.15) is 12.6 Å². The highest BCUT2D eigenvalue weighted by Crippen LogP contribution is 2.09. The average Bonchev–Trinajstić information content (AvgIpc) is 2.33. The molecule has 0 aliphatic heterocycles. The predicted octanol–water partition coefficient (Wildman–Crippen LogP) is 2.82. The molecule has 88 valence electrons. The summed E-state index contributed by atoms with van der Waals surface area (Å²) in [6.07, 6.45) is 3.75. The standard InChI is InChI=1S/C14H14N2O.H2/c1-11-4-6-13(7-5-11)16-14(17)9-12-3-2-8-15-10-12;/h2-8,10H,9H2,1H3,(H,16,17);1H. The Morgan fingerprint density at radius 1 is 1.29 bits per heavy atom. The van der Waals surface area contributed by atoms with Crippen molar-refractivity contribution < 1.29 is 6.22 Å². The number of aromatic nitrogens is 1. The summed E-state index contributed by atoms with van der Waals surface area (Å²) in [6.45, 7) is 2.02. The molecule has 1 N–H and O–H groups in total. The van der Waals surface area contributed by atoms with Gasteiger partial charge in [-0.05, 0) is 30.7 Å². The van der Waals surface area contributed by atoms with Crippen LogP contribution in [0.5, 0.6) is 0 Å². The molecule has 0 saturated heterocycles. The van der Waals surface area contributed by atoms with E-state index in [2.05, 4.69) is 10.3 Å². The molecule has 3 heteroatoms. The monoisotopic (exact) mass is 228 g/mol. The number of nitrogens with one attached hydrogen (secondary N) is 1. The Bertz CT molecular complexity index is 497. The lowest BCUT2D eigenvalue weighted by Crippen LogP contribution is -2.14. The SMILES string of the molecule is Cc1ccc(NC(=O)Cc2cccnc2)cc1.[HH]. The largest absolute Gasteiger partial charge is 0.326 e. The lowest BCUT2D eigenvalue weighted by Gasteiger charge is -2.05. The van der Waals surface area contributed by atoms with E-state index in [1.54, 1.807) is 12.4 Å². The third-order valence-electron chi connectivity index (χ3n) is 2.42. The number of nitrogens with zero attached hydrogens (tertiary/aromatic N) is 1. The second-order valence-corrected chi connectivity index (χ2v) is 3.95. The first-order valence-corrected chi connectivity index (χ1v) is 5.49. The van der Waals surface area contributed by atoms with Gasteiger partial charge in [0.05, 0.1) is 6.42 Å². The minimum atomic E-state index is -0.0261.